The van der Waals surface area contributed by atoms with Crippen LogP contribution >= 0.6 is 0 Å². The van der Waals surface area contributed by atoms with Crippen LogP contribution in [0.1, 0.15) is 44.1 Å². The van der Waals surface area contributed by atoms with Gasteiger partial charge in [-0.3, -0.25) is 4.79 Å². The number of piperidine rings is 1. The molecule has 7 nitrogen and oxygen atoms in total. The Balaban J connectivity index is 1.92. The summed E-state index contributed by atoms with van der Waals surface area (Å²) in [5.41, 5.74) is 0.303. The van der Waals surface area contributed by atoms with Crippen molar-refractivity contribution < 1.29 is 17.9 Å². The van der Waals surface area contributed by atoms with Crippen molar-refractivity contribution in [2.45, 2.75) is 45.8 Å². The van der Waals surface area contributed by atoms with E-state index in [1.54, 1.807) is 25.1 Å². The predicted octanol–water partition coefficient (Wildman–Crippen LogP) is 1.41. The number of ether oxygens (including phenoxy) is 1. The van der Waals surface area contributed by atoms with E-state index in [-0.39, 0.29) is 23.8 Å². The summed E-state index contributed by atoms with van der Waals surface area (Å²) >= 11 is 0. The van der Waals surface area contributed by atoms with Crippen molar-refractivity contribution in [3.63, 3.8) is 0 Å². The molecule has 1 fully saturated rings. The second-order valence-corrected chi connectivity index (χ2v) is 8.33. The summed E-state index contributed by atoms with van der Waals surface area (Å²) in [4.78, 5) is 16.5. The van der Waals surface area contributed by atoms with Gasteiger partial charge in [-0.1, -0.05) is 6.07 Å². The molecule has 0 aliphatic carbocycles. The third kappa shape index (κ3) is 4.91. The molecule has 0 bridgehead atoms. The summed E-state index contributed by atoms with van der Waals surface area (Å²) in [5, 5.41) is 2.93. The zero-order chi connectivity index (χ0) is 17.7. The summed E-state index contributed by atoms with van der Waals surface area (Å²) in [6.45, 7) is 6.30. The molecular weight excluding hydrogens is 330 g/mol. The van der Waals surface area contributed by atoms with Gasteiger partial charge in [0.05, 0.1) is 11.9 Å². The molecule has 0 unspecified atom stereocenters. The van der Waals surface area contributed by atoms with Gasteiger partial charge in [0, 0.05) is 25.2 Å². The molecule has 2 rings (SSSR count). The first kappa shape index (κ1) is 18.7. The Labute approximate surface area is 143 Å². The zero-order valence-corrected chi connectivity index (χ0v) is 15.2. The van der Waals surface area contributed by atoms with E-state index in [0.717, 1.165) is 0 Å². The summed E-state index contributed by atoms with van der Waals surface area (Å²) in [6, 6.07) is 5.04. The number of nitrogens with zero attached hydrogens (tertiary/aromatic N) is 2. The van der Waals surface area contributed by atoms with E-state index in [1.165, 1.54) is 4.31 Å². The Bertz CT molecular complexity index is 668. The van der Waals surface area contributed by atoms with Gasteiger partial charge >= 0.3 is 0 Å². The third-order valence-corrected chi connectivity index (χ3v) is 5.74. The van der Waals surface area contributed by atoms with Crippen LogP contribution in [0.25, 0.3) is 0 Å². The lowest BCUT2D eigenvalue weighted by Gasteiger charge is -2.31. The van der Waals surface area contributed by atoms with Crippen LogP contribution in [0.3, 0.4) is 0 Å². The molecule has 134 valence electrons. The number of nitrogens with one attached hydrogen (secondary N) is 1. The minimum Gasteiger partial charge on any atom is -0.475 e. The smallest absolute Gasteiger partial charge is 0.270 e. The van der Waals surface area contributed by atoms with Crippen LogP contribution in [0.4, 0.5) is 0 Å². The molecule has 0 radical (unpaired) electrons. The van der Waals surface area contributed by atoms with E-state index in [2.05, 4.69) is 10.3 Å². The van der Waals surface area contributed by atoms with Crippen molar-refractivity contribution in [3.05, 3.63) is 23.9 Å². The zero-order valence-electron chi connectivity index (χ0n) is 14.4. The molecule has 1 aliphatic heterocycles. The fraction of sp³-hybridized carbons (Fsp3) is 0.625. The lowest BCUT2D eigenvalue weighted by Crippen LogP contribution is -2.47. The predicted molar refractivity (Wildman–Crippen MR) is 91.5 cm³/mol. The molecule has 8 heteroatoms. The molecule has 0 spiro atoms. The Morgan fingerprint density at radius 2 is 2.04 bits per heavy atom. The van der Waals surface area contributed by atoms with Crippen molar-refractivity contribution in [1.29, 1.82) is 0 Å². The van der Waals surface area contributed by atoms with E-state index in [1.807, 2.05) is 13.8 Å². The van der Waals surface area contributed by atoms with E-state index in [0.29, 0.717) is 37.5 Å². The first-order valence-electron chi connectivity index (χ1n) is 8.24. The van der Waals surface area contributed by atoms with Gasteiger partial charge in [0.15, 0.2) is 0 Å². The summed E-state index contributed by atoms with van der Waals surface area (Å²) in [7, 11) is -3.15. The highest BCUT2D eigenvalue weighted by Crippen LogP contribution is 2.15. The second-order valence-electron chi connectivity index (χ2n) is 6.08. The maximum absolute atomic E-state index is 12.3. The van der Waals surface area contributed by atoms with Crippen molar-refractivity contribution in [3.8, 4) is 5.88 Å². The van der Waals surface area contributed by atoms with Crippen molar-refractivity contribution in [2.24, 2.45) is 0 Å². The maximum Gasteiger partial charge on any atom is 0.270 e. The van der Waals surface area contributed by atoms with Crippen LogP contribution in [0.5, 0.6) is 5.88 Å². The topological polar surface area (TPSA) is 88.6 Å². The highest BCUT2D eigenvalue weighted by Gasteiger charge is 2.27. The average molecular weight is 355 g/mol. The number of rotatable bonds is 6. The average Bonchev–Trinajstić information content (AvgIpc) is 2.55. The molecule has 1 aromatic heterocycles. The fourth-order valence-electron chi connectivity index (χ4n) is 2.57. The number of hydrogen-bond donors (Lipinski definition) is 1. The maximum atomic E-state index is 12.3. The molecule has 2 heterocycles. The number of sulfonamides is 1. The van der Waals surface area contributed by atoms with Crippen molar-refractivity contribution >= 4 is 15.9 Å². The standard InChI is InChI=1S/C16H25N3O4S/c1-4-24(21,22)19-10-8-13(9-11-19)17-16(20)14-6-5-7-15(18-14)23-12(2)3/h5-7,12-13H,4,8-11H2,1-3H3,(H,17,20). The summed E-state index contributed by atoms with van der Waals surface area (Å²) in [6.07, 6.45) is 1.20. The number of carbonyl (C=O) groups excluding carboxylic acids is 1. The number of aromatic nitrogens is 1. The van der Waals surface area contributed by atoms with Crippen molar-refractivity contribution in [2.75, 3.05) is 18.8 Å². The molecule has 1 saturated heterocycles. The van der Waals surface area contributed by atoms with Gasteiger partial charge in [-0.25, -0.2) is 17.7 Å². The monoisotopic (exact) mass is 355 g/mol. The van der Waals surface area contributed by atoms with Crippen LogP contribution < -0.4 is 10.1 Å². The van der Waals surface area contributed by atoms with E-state index in [4.69, 9.17) is 4.74 Å². The van der Waals surface area contributed by atoms with Crippen LogP contribution in [-0.4, -0.2) is 54.6 Å². The molecule has 0 atom stereocenters. The van der Waals surface area contributed by atoms with Gasteiger partial charge in [-0.2, -0.15) is 0 Å². The summed E-state index contributed by atoms with van der Waals surface area (Å²) < 4.78 is 30.7. The Kier molecular flexibility index (Phi) is 6.17. The van der Waals surface area contributed by atoms with Crippen LogP contribution in [0.15, 0.2) is 18.2 Å². The quantitative estimate of drug-likeness (QED) is 0.833. The van der Waals surface area contributed by atoms with Crippen LogP contribution in [0, 0.1) is 0 Å². The van der Waals surface area contributed by atoms with E-state index < -0.39 is 10.0 Å². The van der Waals surface area contributed by atoms with Gasteiger partial charge in [0.1, 0.15) is 5.69 Å². The highest BCUT2D eigenvalue weighted by molar-refractivity contribution is 7.89. The number of pyridine rings is 1. The number of hydrogen-bond acceptors (Lipinski definition) is 5. The highest BCUT2D eigenvalue weighted by atomic mass is 32.2. The lowest BCUT2D eigenvalue weighted by atomic mass is 10.1. The Morgan fingerprint density at radius 3 is 2.62 bits per heavy atom. The molecule has 1 N–H and O–H groups in total. The number of amides is 1. The van der Waals surface area contributed by atoms with Crippen LogP contribution in [0.2, 0.25) is 0 Å². The molecule has 1 aliphatic rings. The van der Waals surface area contributed by atoms with Gasteiger partial charge in [-0.05, 0) is 39.7 Å². The minimum absolute atomic E-state index is 0.0133. The fourth-order valence-corrected chi connectivity index (χ4v) is 3.70. The number of carbonyl (C=O) groups is 1. The Morgan fingerprint density at radius 1 is 1.38 bits per heavy atom. The van der Waals surface area contributed by atoms with Gasteiger partial charge in [0.25, 0.3) is 5.91 Å². The Hall–Kier alpha value is -1.67. The first-order valence-corrected chi connectivity index (χ1v) is 9.85. The van der Waals surface area contributed by atoms with Crippen LogP contribution in [-0.2, 0) is 10.0 Å². The van der Waals surface area contributed by atoms with Gasteiger partial charge in [-0.15, -0.1) is 0 Å². The minimum atomic E-state index is -3.15. The molecule has 0 saturated carbocycles. The molecular formula is C16H25N3O4S. The molecule has 1 aromatic rings. The van der Waals surface area contributed by atoms with Gasteiger partial charge < -0.3 is 10.1 Å². The second kappa shape index (κ2) is 7.94. The van der Waals surface area contributed by atoms with E-state index >= 15 is 0 Å². The lowest BCUT2D eigenvalue weighted by molar-refractivity contribution is 0.0917. The molecule has 1 amide bonds. The molecule has 24 heavy (non-hydrogen) atoms. The first-order chi connectivity index (χ1) is 11.3. The summed E-state index contributed by atoms with van der Waals surface area (Å²) in [5.74, 6) is 0.263. The third-order valence-electron chi connectivity index (χ3n) is 3.86. The van der Waals surface area contributed by atoms with Gasteiger partial charge in [0.2, 0.25) is 15.9 Å². The normalized spacial score (nSPS) is 17.0. The largest absolute Gasteiger partial charge is 0.475 e. The SMILES string of the molecule is CCS(=O)(=O)N1CCC(NC(=O)c2cccc(OC(C)C)n2)CC1. The van der Waals surface area contributed by atoms with Crippen molar-refractivity contribution in [1.82, 2.24) is 14.6 Å². The van der Waals surface area contributed by atoms with E-state index in [9.17, 15) is 13.2 Å². The molecule has 0 aromatic carbocycles.